The van der Waals surface area contributed by atoms with Crippen LogP contribution in [0.2, 0.25) is 0 Å². The quantitative estimate of drug-likeness (QED) is 0.610. The minimum atomic E-state index is -0.396. The van der Waals surface area contributed by atoms with Crippen LogP contribution in [0.25, 0.3) is 0 Å². The lowest BCUT2D eigenvalue weighted by Gasteiger charge is -2.11. The molecule has 0 aromatic heterocycles. The predicted molar refractivity (Wildman–Crippen MR) is 96.9 cm³/mol. The molecule has 2 rings (SSSR count). The summed E-state index contributed by atoms with van der Waals surface area (Å²) in [7, 11) is 0. The summed E-state index contributed by atoms with van der Waals surface area (Å²) in [6, 6.07) is 12.6. The molecule has 2 N–H and O–H groups in total. The molecule has 0 aliphatic carbocycles. The normalized spacial score (nSPS) is 10.1. The lowest BCUT2D eigenvalue weighted by Crippen LogP contribution is -2.34. The van der Waals surface area contributed by atoms with Gasteiger partial charge in [-0.25, -0.2) is 4.39 Å². The van der Waals surface area contributed by atoms with Crippen LogP contribution in [0.4, 0.5) is 10.1 Å². The highest BCUT2D eigenvalue weighted by Crippen LogP contribution is 2.16. The standard InChI is InChI=1S/C18H19FN2O2S/c1-2-3-12-23-16-10-8-15(9-11-16)20-18(24)21-17(22)13-4-6-14(19)7-5-13/h4-11H,2-3,12H2,1H3,(H2,20,21,22,24). The van der Waals surface area contributed by atoms with E-state index in [1.165, 1.54) is 24.3 Å². The molecule has 0 heterocycles. The van der Waals surface area contributed by atoms with Crippen molar-refractivity contribution < 1.29 is 13.9 Å². The summed E-state index contributed by atoms with van der Waals surface area (Å²) in [5.74, 6) is -0.00391. The molecule has 0 unspecified atom stereocenters. The number of thiocarbonyl (C=S) groups is 1. The number of halogens is 1. The summed E-state index contributed by atoms with van der Waals surface area (Å²) in [5, 5.41) is 5.64. The Balaban J connectivity index is 1.85. The molecule has 24 heavy (non-hydrogen) atoms. The third kappa shape index (κ3) is 5.62. The second kappa shape index (κ2) is 8.98. The van der Waals surface area contributed by atoms with Gasteiger partial charge in [-0.1, -0.05) is 13.3 Å². The molecule has 0 radical (unpaired) electrons. The van der Waals surface area contributed by atoms with Gasteiger partial charge >= 0.3 is 0 Å². The van der Waals surface area contributed by atoms with Crippen molar-refractivity contribution in [3.05, 3.63) is 59.9 Å². The molecule has 0 aliphatic heterocycles. The van der Waals surface area contributed by atoms with Gasteiger partial charge in [0.25, 0.3) is 5.91 Å². The van der Waals surface area contributed by atoms with Crippen LogP contribution in [0.1, 0.15) is 30.1 Å². The Labute approximate surface area is 146 Å². The van der Waals surface area contributed by atoms with Crippen molar-refractivity contribution in [2.24, 2.45) is 0 Å². The summed E-state index contributed by atoms with van der Waals surface area (Å²) in [5.41, 5.74) is 1.07. The first-order valence-electron chi connectivity index (χ1n) is 7.69. The number of unbranched alkanes of at least 4 members (excludes halogenated alkanes) is 1. The van der Waals surface area contributed by atoms with Crippen LogP contribution in [-0.2, 0) is 0 Å². The second-order valence-corrected chi connectivity index (χ2v) is 5.55. The van der Waals surface area contributed by atoms with Crippen molar-refractivity contribution in [2.75, 3.05) is 11.9 Å². The van der Waals surface area contributed by atoms with E-state index in [2.05, 4.69) is 17.6 Å². The van der Waals surface area contributed by atoms with Gasteiger partial charge in [0, 0.05) is 11.3 Å². The van der Waals surface area contributed by atoms with Gasteiger partial charge in [0.15, 0.2) is 5.11 Å². The predicted octanol–water partition coefficient (Wildman–Crippen LogP) is 4.13. The molecule has 2 aromatic carbocycles. The van der Waals surface area contributed by atoms with Crippen LogP contribution in [0.5, 0.6) is 5.75 Å². The van der Waals surface area contributed by atoms with Gasteiger partial charge in [-0.15, -0.1) is 0 Å². The van der Waals surface area contributed by atoms with Gasteiger partial charge in [0.2, 0.25) is 0 Å². The SMILES string of the molecule is CCCCOc1ccc(NC(=S)NC(=O)c2ccc(F)cc2)cc1. The molecule has 0 fully saturated rings. The van der Waals surface area contributed by atoms with E-state index in [1.54, 1.807) is 0 Å². The fourth-order valence-electron chi connectivity index (χ4n) is 1.91. The van der Waals surface area contributed by atoms with Gasteiger partial charge in [-0.2, -0.15) is 0 Å². The van der Waals surface area contributed by atoms with Crippen LogP contribution < -0.4 is 15.4 Å². The minimum Gasteiger partial charge on any atom is -0.494 e. The van der Waals surface area contributed by atoms with Crippen molar-refractivity contribution in [2.45, 2.75) is 19.8 Å². The van der Waals surface area contributed by atoms with Crippen LogP contribution in [0.15, 0.2) is 48.5 Å². The zero-order valence-corrected chi connectivity index (χ0v) is 14.2. The highest BCUT2D eigenvalue weighted by molar-refractivity contribution is 7.80. The fourth-order valence-corrected chi connectivity index (χ4v) is 2.12. The third-order valence-electron chi connectivity index (χ3n) is 3.21. The van der Waals surface area contributed by atoms with Gasteiger partial charge in [0.05, 0.1) is 6.61 Å². The molecular formula is C18H19FN2O2S. The first kappa shape index (κ1) is 17.9. The first-order chi connectivity index (χ1) is 11.6. The number of benzene rings is 2. The van der Waals surface area contributed by atoms with Crippen molar-refractivity contribution in [1.82, 2.24) is 5.32 Å². The second-order valence-electron chi connectivity index (χ2n) is 5.14. The van der Waals surface area contributed by atoms with E-state index in [4.69, 9.17) is 17.0 Å². The summed E-state index contributed by atoms with van der Waals surface area (Å²) >= 11 is 5.11. The molecule has 1 amide bonds. The number of rotatable bonds is 6. The number of hydrogen-bond acceptors (Lipinski definition) is 3. The Morgan fingerprint density at radius 3 is 2.42 bits per heavy atom. The van der Waals surface area contributed by atoms with Crippen molar-refractivity contribution in [3.8, 4) is 5.75 Å². The Morgan fingerprint density at radius 1 is 1.12 bits per heavy atom. The van der Waals surface area contributed by atoms with E-state index in [0.717, 1.165) is 24.3 Å². The largest absolute Gasteiger partial charge is 0.494 e. The Kier molecular flexibility index (Phi) is 6.69. The molecular weight excluding hydrogens is 327 g/mol. The van der Waals surface area contributed by atoms with E-state index in [-0.39, 0.29) is 5.11 Å². The Hall–Kier alpha value is -2.47. The molecule has 0 aliphatic rings. The molecule has 126 valence electrons. The number of carbonyl (C=O) groups is 1. The molecule has 0 bridgehead atoms. The molecule has 6 heteroatoms. The fraction of sp³-hybridized carbons (Fsp3) is 0.222. The zero-order chi connectivity index (χ0) is 17.4. The van der Waals surface area contributed by atoms with E-state index in [1.807, 2.05) is 24.3 Å². The Bertz CT molecular complexity index is 687. The monoisotopic (exact) mass is 346 g/mol. The summed E-state index contributed by atoms with van der Waals surface area (Å²) in [4.78, 5) is 12.0. The van der Waals surface area contributed by atoms with E-state index in [9.17, 15) is 9.18 Å². The van der Waals surface area contributed by atoms with Crippen molar-refractivity contribution in [3.63, 3.8) is 0 Å². The van der Waals surface area contributed by atoms with Crippen molar-refractivity contribution >= 4 is 28.9 Å². The van der Waals surface area contributed by atoms with Gasteiger partial charge in [-0.05, 0) is 67.2 Å². The van der Waals surface area contributed by atoms with E-state index in [0.29, 0.717) is 12.2 Å². The molecule has 0 saturated heterocycles. The third-order valence-corrected chi connectivity index (χ3v) is 3.42. The van der Waals surface area contributed by atoms with Crippen LogP contribution in [0.3, 0.4) is 0 Å². The molecule has 0 spiro atoms. The molecule has 2 aromatic rings. The number of nitrogens with one attached hydrogen (secondary N) is 2. The number of amides is 1. The number of carbonyl (C=O) groups excluding carboxylic acids is 1. The van der Waals surface area contributed by atoms with Crippen LogP contribution in [0, 0.1) is 5.82 Å². The zero-order valence-electron chi connectivity index (χ0n) is 13.3. The molecule has 0 atom stereocenters. The lowest BCUT2D eigenvalue weighted by molar-refractivity contribution is 0.0977. The maximum Gasteiger partial charge on any atom is 0.257 e. The molecule has 0 saturated carbocycles. The topological polar surface area (TPSA) is 50.4 Å². The maximum atomic E-state index is 12.9. The highest BCUT2D eigenvalue weighted by Gasteiger charge is 2.08. The van der Waals surface area contributed by atoms with Crippen LogP contribution >= 0.6 is 12.2 Å². The summed E-state index contributed by atoms with van der Waals surface area (Å²) < 4.78 is 18.4. The Morgan fingerprint density at radius 2 is 1.79 bits per heavy atom. The van der Waals surface area contributed by atoms with Crippen molar-refractivity contribution in [1.29, 1.82) is 0 Å². The summed E-state index contributed by atoms with van der Waals surface area (Å²) in [6.45, 7) is 2.80. The van der Waals surface area contributed by atoms with E-state index < -0.39 is 11.7 Å². The van der Waals surface area contributed by atoms with Gasteiger partial charge in [0.1, 0.15) is 11.6 Å². The smallest absolute Gasteiger partial charge is 0.257 e. The van der Waals surface area contributed by atoms with Crippen LogP contribution in [-0.4, -0.2) is 17.6 Å². The summed E-state index contributed by atoms with van der Waals surface area (Å²) in [6.07, 6.45) is 2.10. The van der Waals surface area contributed by atoms with E-state index >= 15 is 0 Å². The highest BCUT2D eigenvalue weighted by atomic mass is 32.1. The maximum absolute atomic E-state index is 12.9. The minimum absolute atomic E-state index is 0.170. The lowest BCUT2D eigenvalue weighted by atomic mass is 10.2. The number of anilines is 1. The van der Waals surface area contributed by atoms with Gasteiger partial charge in [-0.3, -0.25) is 10.1 Å². The average molecular weight is 346 g/mol. The van der Waals surface area contributed by atoms with Gasteiger partial charge < -0.3 is 10.1 Å². The molecule has 4 nitrogen and oxygen atoms in total. The average Bonchev–Trinajstić information content (AvgIpc) is 2.57. The first-order valence-corrected chi connectivity index (χ1v) is 8.10. The number of hydrogen-bond donors (Lipinski definition) is 2. The number of ether oxygens (including phenoxy) is 1.